The normalized spacial score (nSPS) is 8.11. The molecule has 0 aliphatic carbocycles. The van der Waals surface area contributed by atoms with E-state index in [1.165, 1.54) is 0 Å². The molecule has 0 amide bonds. The molecular weight excluding hydrogens is 201 g/mol. The Morgan fingerprint density at radius 2 is 2.22 bits per heavy atom. The first-order valence-corrected chi connectivity index (χ1v) is 3.51. The van der Waals surface area contributed by atoms with Crippen LogP contribution in [0, 0.1) is 0 Å². The molecule has 0 spiro atoms. The average Bonchev–Trinajstić information content (AvgIpc) is 1.90. The third-order valence-corrected chi connectivity index (χ3v) is 1.44. The molecule has 1 aromatic heterocycles. The molecule has 0 aliphatic rings. The molecule has 0 aliphatic heterocycles. The van der Waals surface area contributed by atoms with Crippen LogP contribution in [0.2, 0.25) is 0 Å². The van der Waals surface area contributed by atoms with Crippen LogP contribution in [0.15, 0.2) is 24.4 Å². The fourth-order valence-corrected chi connectivity index (χ4v) is 0.809. The number of hydrogen-bond acceptors (Lipinski definition) is 1. The summed E-state index contributed by atoms with van der Waals surface area (Å²) in [5.41, 5.74) is 1.08. The van der Waals surface area contributed by atoms with E-state index in [0.29, 0.717) is 0 Å². The molecule has 50 valence electrons. The number of hydrogen-bond donors (Lipinski definition) is 0. The van der Waals surface area contributed by atoms with E-state index in [9.17, 15) is 0 Å². The highest BCUT2D eigenvalue weighted by atomic mass is 79.9. The van der Waals surface area contributed by atoms with Crippen LogP contribution in [0.5, 0.6) is 0 Å². The number of nitrogens with zero attached hydrogens (tertiary/aromatic N) is 1. The Morgan fingerprint density at radius 1 is 1.44 bits per heavy atom. The number of pyridine rings is 1. The van der Waals surface area contributed by atoms with Gasteiger partial charge in [-0.3, -0.25) is 4.98 Å². The van der Waals surface area contributed by atoms with Gasteiger partial charge in [0.1, 0.15) is 0 Å². The van der Waals surface area contributed by atoms with Crippen LogP contribution in [-0.2, 0) is 5.33 Å². The van der Waals surface area contributed by atoms with Crippen LogP contribution in [0.25, 0.3) is 0 Å². The smallest absolute Gasteiger partial charge is 0.0509 e. The zero-order valence-corrected chi connectivity index (χ0v) is 7.15. The summed E-state index contributed by atoms with van der Waals surface area (Å²) < 4.78 is 0. The van der Waals surface area contributed by atoms with E-state index in [0.717, 1.165) is 11.0 Å². The summed E-state index contributed by atoms with van der Waals surface area (Å²) >= 11 is 3.29. The number of rotatable bonds is 1. The average molecular weight is 208 g/mol. The lowest BCUT2D eigenvalue weighted by atomic mass is 10.4. The van der Waals surface area contributed by atoms with Crippen LogP contribution in [0.3, 0.4) is 0 Å². The van der Waals surface area contributed by atoms with Crippen LogP contribution in [0.4, 0.5) is 0 Å². The monoisotopic (exact) mass is 207 g/mol. The van der Waals surface area contributed by atoms with E-state index in [4.69, 9.17) is 0 Å². The van der Waals surface area contributed by atoms with Gasteiger partial charge in [0.25, 0.3) is 0 Å². The summed E-state index contributed by atoms with van der Waals surface area (Å²) in [5, 5.41) is 0.841. The maximum absolute atomic E-state index is 4.05. The molecule has 0 N–H and O–H groups in total. The Morgan fingerprint density at radius 3 is 2.56 bits per heavy atom. The Kier molecular flexibility index (Phi) is 4.72. The molecule has 9 heavy (non-hydrogen) atoms. The van der Waals surface area contributed by atoms with Gasteiger partial charge in [-0.2, -0.15) is 0 Å². The molecule has 0 saturated heterocycles. The largest absolute Gasteiger partial charge is 0.260 e. The maximum atomic E-state index is 4.05. The van der Waals surface area contributed by atoms with Gasteiger partial charge >= 0.3 is 0 Å². The van der Waals surface area contributed by atoms with Crippen molar-refractivity contribution in [1.82, 2.24) is 4.98 Å². The third-order valence-electron chi connectivity index (χ3n) is 0.863. The van der Waals surface area contributed by atoms with E-state index < -0.39 is 0 Å². The fraction of sp³-hybridized carbons (Fsp3) is 0.167. The van der Waals surface area contributed by atoms with Gasteiger partial charge in [0.05, 0.1) is 5.69 Å². The van der Waals surface area contributed by atoms with E-state index in [2.05, 4.69) is 20.9 Å². The summed E-state index contributed by atoms with van der Waals surface area (Å²) in [7, 11) is 0. The molecule has 0 aromatic carbocycles. The first-order chi connectivity index (χ1) is 3.93. The van der Waals surface area contributed by atoms with E-state index in [1.54, 1.807) is 6.20 Å². The van der Waals surface area contributed by atoms with Crippen molar-refractivity contribution in [2.45, 2.75) is 5.33 Å². The van der Waals surface area contributed by atoms with Gasteiger partial charge in [-0.25, -0.2) is 0 Å². The third kappa shape index (κ3) is 2.82. The van der Waals surface area contributed by atoms with Crippen molar-refractivity contribution >= 4 is 28.3 Å². The van der Waals surface area contributed by atoms with Gasteiger partial charge < -0.3 is 0 Å². The van der Waals surface area contributed by atoms with Crippen molar-refractivity contribution in [3.63, 3.8) is 0 Å². The second kappa shape index (κ2) is 4.77. The molecule has 1 aromatic rings. The first-order valence-electron chi connectivity index (χ1n) is 2.39. The van der Waals surface area contributed by atoms with E-state index >= 15 is 0 Å². The van der Waals surface area contributed by atoms with Crippen LogP contribution in [0.1, 0.15) is 5.69 Å². The highest BCUT2D eigenvalue weighted by molar-refractivity contribution is 9.08. The van der Waals surface area contributed by atoms with Gasteiger partial charge in [0.15, 0.2) is 0 Å². The zero-order valence-electron chi connectivity index (χ0n) is 4.75. The van der Waals surface area contributed by atoms with Gasteiger partial charge in [-0.05, 0) is 12.1 Å². The molecule has 1 heterocycles. The minimum absolute atomic E-state index is 0. The maximum Gasteiger partial charge on any atom is 0.0509 e. The SMILES string of the molecule is BrCc1ccccn1.Cl. The van der Waals surface area contributed by atoms with Crippen molar-refractivity contribution in [2.75, 3.05) is 0 Å². The summed E-state index contributed by atoms with van der Waals surface area (Å²) in [5.74, 6) is 0. The molecule has 0 atom stereocenters. The highest BCUT2D eigenvalue weighted by Crippen LogP contribution is 1.97. The van der Waals surface area contributed by atoms with Gasteiger partial charge in [0.2, 0.25) is 0 Å². The quantitative estimate of drug-likeness (QED) is 0.646. The predicted octanol–water partition coefficient (Wildman–Crippen LogP) is 2.40. The Labute approximate surface area is 69.0 Å². The lowest BCUT2D eigenvalue weighted by molar-refractivity contribution is 1.19. The second-order valence-electron chi connectivity index (χ2n) is 1.45. The number of halogens is 2. The molecule has 0 fully saturated rings. The van der Waals surface area contributed by atoms with E-state index in [-0.39, 0.29) is 12.4 Å². The second-order valence-corrected chi connectivity index (χ2v) is 2.02. The molecule has 0 unspecified atom stereocenters. The Bertz CT molecular complexity index is 154. The topological polar surface area (TPSA) is 12.9 Å². The number of alkyl halides is 1. The van der Waals surface area contributed by atoms with Crippen molar-refractivity contribution in [3.05, 3.63) is 30.1 Å². The van der Waals surface area contributed by atoms with E-state index in [1.807, 2.05) is 18.2 Å². The summed E-state index contributed by atoms with van der Waals surface area (Å²) in [6.07, 6.45) is 1.79. The minimum atomic E-state index is 0. The predicted molar refractivity (Wildman–Crippen MR) is 44.1 cm³/mol. The van der Waals surface area contributed by atoms with Crippen LogP contribution < -0.4 is 0 Å². The Balaban J connectivity index is 0.000000640. The molecule has 0 saturated carbocycles. The van der Waals surface area contributed by atoms with Crippen molar-refractivity contribution in [3.8, 4) is 0 Å². The molecule has 1 nitrogen and oxygen atoms in total. The minimum Gasteiger partial charge on any atom is -0.260 e. The van der Waals surface area contributed by atoms with Crippen LogP contribution in [-0.4, -0.2) is 4.98 Å². The fourth-order valence-electron chi connectivity index (χ4n) is 0.477. The molecule has 0 radical (unpaired) electrons. The van der Waals surface area contributed by atoms with Gasteiger partial charge in [-0.1, -0.05) is 22.0 Å². The zero-order chi connectivity index (χ0) is 5.82. The Hall–Kier alpha value is -0.0800. The number of aromatic nitrogens is 1. The summed E-state index contributed by atoms with van der Waals surface area (Å²) in [6, 6.07) is 5.87. The standard InChI is InChI=1S/C6H6BrN.ClH/c7-5-6-3-1-2-4-8-6;/h1-4H,5H2;1H. The molecule has 1 rings (SSSR count). The molecular formula is C6H7BrClN. The molecule has 0 bridgehead atoms. The lowest BCUT2D eigenvalue weighted by Crippen LogP contribution is -1.78. The lowest BCUT2D eigenvalue weighted by Gasteiger charge is -1.87. The summed E-state index contributed by atoms with van der Waals surface area (Å²) in [4.78, 5) is 4.05. The highest BCUT2D eigenvalue weighted by Gasteiger charge is 1.83. The van der Waals surface area contributed by atoms with Gasteiger partial charge in [-0.15, -0.1) is 12.4 Å². The van der Waals surface area contributed by atoms with Crippen molar-refractivity contribution < 1.29 is 0 Å². The van der Waals surface area contributed by atoms with Gasteiger partial charge in [0, 0.05) is 11.5 Å². The van der Waals surface area contributed by atoms with Crippen molar-refractivity contribution in [1.29, 1.82) is 0 Å². The van der Waals surface area contributed by atoms with Crippen LogP contribution >= 0.6 is 28.3 Å². The molecule has 3 heteroatoms. The summed E-state index contributed by atoms with van der Waals surface area (Å²) in [6.45, 7) is 0. The van der Waals surface area contributed by atoms with Crippen molar-refractivity contribution in [2.24, 2.45) is 0 Å². The first kappa shape index (κ1) is 8.92.